The molecule has 2 rings (SSSR count). The van der Waals surface area contributed by atoms with Crippen molar-refractivity contribution >= 4 is 33.0 Å². The minimum Gasteiger partial charge on any atom is -0.399 e. The third-order valence-electron chi connectivity index (χ3n) is 2.65. The van der Waals surface area contributed by atoms with Crippen molar-refractivity contribution in [3.05, 3.63) is 51.7 Å². The Balaban J connectivity index is 2.36. The van der Waals surface area contributed by atoms with Crippen LogP contribution in [0.5, 0.6) is 0 Å². The van der Waals surface area contributed by atoms with Crippen molar-refractivity contribution < 1.29 is 4.39 Å². The number of nitrogens with one attached hydrogen (secondary N) is 1. The van der Waals surface area contributed by atoms with Gasteiger partial charge in [-0.05, 0) is 71.2 Å². The summed E-state index contributed by atoms with van der Waals surface area (Å²) < 4.78 is 13.8. The molecule has 0 aliphatic carbocycles. The van der Waals surface area contributed by atoms with Crippen LogP contribution < -0.4 is 11.1 Å². The van der Waals surface area contributed by atoms with Gasteiger partial charge in [-0.25, -0.2) is 4.39 Å². The lowest BCUT2D eigenvalue weighted by Crippen LogP contribution is -1.96. The molecule has 0 aromatic heterocycles. The molecule has 0 bridgehead atoms. The fraction of sp³-hybridized carbons (Fsp3) is 0.143. The van der Waals surface area contributed by atoms with Gasteiger partial charge in [0.15, 0.2) is 0 Å². The molecule has 0 amide bonds. The largest absolute Gasteiger partial charge is 0.399 e. The maximum absolute atomic E-state index is 13.3. The molecule has 0 saturated heterocycles. The van der Waals surface area contributed by atoms with Gasteiger partial charge in [0, 0.05) is 17.1 Å². The molecule has 18 heavy (non-hydrogen) atoms. The molecule has 0 aliphatic heterocycles. The van der Waals surface area contributed by atoms with Crippen LogP contribution in [0.3, 0.4) is 0 Å². The number of hydrogen-bond donors (Lipinski definition) is 2. The Bertz CT molecular complexity index is 576. The molecule has 2 aromatic carbocycles. The summed E-state index contributed by atoms with van der Waals surface area (Å²) in [5.74, 6) is -0.262. The van der Waals surface area contributed by atoms with E-state index in [2.05, 4.69) is 21.2 Å². The maximum atomic E-state index is 13.3. The fourth-order valence-electron chi connectivity index (χ4n) is 1.82. The van der Waals surface area contributed by atoms with Crippen LogP contribution in [0.25, 0.3) is 0 Å². The highest BCUT2D eigenvalue weighted by atomic mass is 79.9. The van der Waals surface area contributed by atoms with E-state index in [9.17, 15) is 4.39 Å². The van der Waals surface area contributed by atoms with E-state index in [4.69, 9.17) is 5.73 Å². The number of nitrogen functional groups attached to an aromatic ring is 1. The standard InChI is InChI=1S/C14H14BrFN2/c1-8-3-10(17)6-11(4-8)18-14-7-12(15)13(16)5-9(14)2/h3-7,18H,17H2,1-2H3. The molecule has 0 spiro atoms. The summed E-state index contributed by atoms with van der Waals surface area (Å²) in [7, 11) is 0. The number of hydrogen-bond acceptors (Lipinski definition) is 2. The van der Waals surface area contributed by atoms with Gasteiger partial charge in [0.25, 0.3) is 0 Å². The molecule has 0 aliphatic rings. The van der Waals surface area contributed by atoms with Crippen molar-refractivity contribution in [3.8, 4) is 0 Å². The normalized spacial score (nSPS) is 10.4. The highest BCUT2D eigenvalue weighted by Gasteiger charge is 2.06. The molecule has 4 heteroatoms. The minimum absolute atomic E-state index is 0.262. The van der Waals surface area contributed by atoms with Gasteiger partial charge in [-0.3, -0.25) is 0 Å². The molecule has 0 saturated carbocycles. The van der Waals surface area contributed by atoms with Gasteiger partial charge in [0.05, 0.1) is 4.47 Å². The lowest BCUT2D eigenvalue weighted by molar-refractivity contribution is 0.620. The molecular weight excluding hydrogens is 295 g/mol. The summed E-state index contributed by atoms with van der Waals surface area (Å²) in [6, 6.07) is 8.96. The van der Waals surface area contributed by atoms with Crippen molar-refractivity contribution in [3.63, 3.8) is 0 Å². The Morgan fingerprint density at radius 2 is 1.83 bits per heavy atom. The number of halogens is 2. The SMILES string of the molecule is Cc1cc(N)cc(Nc2cc(Br)c(F)cc2C)c1. The molecule has 3 N–H and O–H groups in total. The van der Waals surface area contributed by atoms with Crippen LogP contribution in [0.1, 0.15) is 11.1 Å². The van der Waals surface area contributed by atoms with E-state index in [-0.39, 0.29) is 5.82 Å². The van der Waals surface area contributed by atoms with Crippen molar-refractivity contribution in [2.75, 3.05) is 11.1 Å². The molecule has 94 valence electrons. The Labute approximate surface area is 114 Å². The van der Waals surface area contributed by atoms with Crippen LogP contribution in [0, 0.1) is 19.7 Å². The van der Waals surface area contributed by atoms with Crippen molar-refractivity contribution in [2.45, 2.75) is 13.8 Å². The van der Waals surface area contributed by atoms with Crippen LogP contribution in [0.4, 0.5) is 21.5 Å². The molecule has 0 heterocycles. The van der Waals surface area contributed by atoms with E-state index >= 15 is 0 Å². The number of benzene rings is 2. The van der Waals surface area contributed by atoms with Gasteiger partial charge < -0.3 is 11.1 Å². The number of aryl methyl sites for hydroxylation is 2. The lowest BCUT2D eigenvalue weighted by Gasteiger charge is -2.12. The van der Waals surface area contributed by atoms with Crippen LogP contribution in [-0.4, -0.2) is 0 Å². The van der Waals surface area contributed by atoms with Crippen LogP contribution >= 0.6 is 15.9 Å². The maximum Gasteiger partial charge on any atom is 0.137 e. The predicted octanol–water partition coefficient (Wildman–Crippen LogP) is 4.53. The average molecular weight is 309 g/mol. The molecule has 0 atom stereocenters. The average Bonchev–Trinajstić information content (AvgIpc) is 2.24. The molecule has 2 aromatic rings. The van der Waals surface area contributed by atoms with E-state index in [1.54, 1.807) is 6.07 Å². The highest BCUT2D eigenvalue weighted by Crippen LogP contribution is 2.28. The predicted molar refractivity (Wildman–Crippen MR) is 77.7 cm³/mol. The smallest absolute Gasteiger partial charge is 0.137 e. The van der Waals surface area contributed by atoms with Crippen LogP contribution in [0.15, 0.2) is 34.8 Å². The first-order valence-corrected chi connectivity index (χ1v) is 6.35. The van der Waals surface area contributed by atoms with E-state index in [0.29, 0.717) is 10.2 Å². The number of anilines is 3. The second-order valence-corrected chi connectivity index (χ2v) is 5.19. The van der Waals surface area contributed by atoms with Crippen molar-refractivity contribution in [2.24, 2.45) is 0 Å². The van der Waals surface area contributed by atoms with E-state index < -0.39 is 0 Å². The second-order valence-electron chi connectivity index (χ2n) is 4.34. The minimum atomic E-state index is -0.262. The third-order valence-corrected chi connectivity index (χ3v) is 3.25. The monoisotopic (exact) mass is 308 g/mol. The van der Waals surface area contributed by atoms with Crippen molar-refractivity contribution in [1.82, 2.24) is 0 Å². The molecule has 0 unspecified atom stereocenters. The topological polar surface area (TPSA) is 38.0 Å². The van der Waals surface area contributed by atoms with Gasteiger partial charge in [0.2, 0.25) is 0 Å². The van der Waals surface area contributed by atoms with Crippen LogP contribution in [0.2, 0.25) is 0 Å². The molecule has 0 fully saturated rings. The molecule has 0 radical (unpaired) electrons. The summed E-state index contributed by atoms with van der Waals surface area (Å²) in [5, 5.41) is 3.25. The zero-order valence-corrected chi connectivity index (χ0v) is 11.8. The summed E-state index contributed by atoms with van der Waals surface area (Å²) in [6.45, 7) is 3.84. The summed E-state index contributed by atoms with van der Waals surface area (Å²) in [4.78, 5) is 0. The van der Waals surface area contributed by atoms with Gasteiger partial charge in [-0.1, -0.05) is 0 Å². The van der Waals surface area contributed by atoms with E-state index in [1.165, 1.54) is 6.07 Å². The number of nitrogens with two attached hydrogens (primary N) is 1. The first kappa shape index (κ1) is 12.9. The Hall–Kier alpha value is -1.55. The number of rotatable bonds is 2. The van der Waals surface area contributed by atoms with Crippen LogP contribution in [-0.2, 0) is 0 Å². The first-order valence-electron chi connectivity index (χ1n) is 5.55. The first-order chi connectivity index (χ1) is 8.45. The lowest BCUT2D eigenvalue weighted by atomic mass is 10.1. The van der Waals surface area contributed by atoms with Gasteiger partial charge >= 0.3 is 0 Å². The third kappa shape index (κ3) is 2.82. The quantitative estimate of drug-likeness (QED) is 0.800. The molecule has 2 nitrogen and oxygen atoms in total. The van der Waals surface area contributed by atoms with Gasteiger partial charge in [0.1, 0.15) is 5.82 Å². The summed E-state index contributed by atoms with van der Waals surface area (Å²) in [5.41, 5.74) is 10.2. The highest BCUT2D eigenvalue weighted by molar-refractivity contribution is 9.10. The van der Waals surface area contributed by atoms with Gasteiger partial charge in [-0.2, -0.15) is 0 Å². The van der Waals surface area contributed by atoms with E-state index in [1.807, 2.05) is 32.0 Å². The zero-order chi connectivity index (χ0) is 13.3. The Morgan fingerprint density at radius 1 is 1.11 bits per heavy atom. The fourth-order valence-corrected chi connectivity index (χ4v) is 2.16. The van der Waals surface area contributed by atoms with E-state index in [0.717, 1.165) is 22.5 Å². The summed E-state index contributed by atoms with van der Waals surface area (Å²) in [6.07, 6.45) is 0. The Kier molecular flexibility index (Phi) is 3.57. The summed E-state index contributed by atoms with van der Waals surface area (Å²) >= 11 is 3.18. The molecular formula is C14H14BrFN2. The van der Waals surface area contributed by atoms with Crippen molar-refractivity contribution in [1.29, 1.82) is 0 Å². The Morgan fingerprint density at radius 3 is 2.50 bits per heavy atom. The zero-order valence-electron chi connectivity index (χ0n) is 10.2. The second kappa shape index (κ2) is 4.98. The van der Waals surface area contributed by atoms with Gasteiger partial charge in [-0.15, -0.1) is 0 Å².